The molecule has 0 aliphatic rings. The second-order valence-electron chi connectivity index (χ2n) is 6.87. The molecule has 0 radical (unpaired) electrons. The molecule has 2 aromatic heterocycles. The third-order valence-electron chi connectivity index (χ3n) is 4.43. The number of aryl methyl sites for hydroxylation is 1. The number of halogens is 2. The lowest BCUT2D eigenvalue weighted by molar-refractivity contribution is 0.102. The second kappa shape index (κ2) is 9.88. The number of hydrogen-bond acceptors (Lipinski definition) is 5. The van der Waals surface area contributed by atoms with Gasteiger partial charge in [-0.2, -0.15) is 10.2 Å². The maximum Gasteiger partial charge on any atom is 0.276 e. The van der Waals surface area contributed by atoms with E-state index in [1.165, 1.54) is 0 Å². The Morgan fingerprint density at radius 3 is 2.66 bits per heavy atom. The third-order valence-corrected chi connectivity index (χ3v) is 5.19. The zero-order chi connectivity index (χ0) is 22.5. The van der Waals surface area contributed by atoms with E-state index in [1.807, 2.05) is 37.3 Å². The van der Waals surface area contributed by atoms with Crippen LogP contribution in [0.1, 0.15) is 16.1 Å². The first-order chi connectivity index (χ1) is 15.5. The van der Waals surface area contributed by atoms with Crippen molar-refractivity contribution in [1.29, 1.82) is 0 Å². The summed E-state index contributed by atoms with van der Waals surface area (Å²) in [4.78, 5) is 12.5. The standard InChI is InChI=1S/C22H19BrClN5O3/c1-15-10-17(24)4-7-21(15)32-13-28-9-8-20(27-28)22(30)26-18-11-25-29(12-18)14-31-19-5-2-16(23)3-6-19/h2-12H,13-14H2,1H3,(H,26,30). The predicted molar refractivity (Wildman–Crippen MR) is 124 cm³/mol. The van der Waals surface area contributed by atoms with Gasteiger partial charge in [0.15, 0.2) is 19.2 Å². The van der Waals surface area contributed by atoms with Crippen LogP contribution in [0.3, 0.4) is 0 Å². The van der Waals surface area contributed by atoms with Crippen LogP contribution < -0.4 is 14.8 Å². The van der Waals surface area contributed by atoms with E-state index in [0.717, 1.165) is 15.8 Å². The molecular formula is C22H19BrClN5O3. The van der Waals surface area contributed by atoms with Crippen molar-refractivity contribution < 1.29 is 14.3 Å². The molecule has 0 atom stereocenters. The van der Waals surface area contributed by atoms with E-state index in [4.69, 9.17) is 21.1 Å². The van der Waals surface area contributed by atoms with Crippen molar-refractivity contribution in [2.45, 2.75) is 20.4 Å². The van der Waals surface area contributed by atoms with Gasteiger partial charge in [-0.3, -0.25) is 4.79 Å². The molecule has 4 aromatic rings. The fourth-order valence-corrected chi connectivity index (χ4v) is 3.32. The van der Waals surface area contributed by atoms with Gasteiger partial charge in [-0.15, -0.1) is 0 Å². The minimum absolute atomic E-state index is 0.168. The summed E-state index contributed by atoms with van der Waals surface area (Å²) in [5.41, 5.74) is 1.72. The van der Waals surface area contributed by atoms with E-state index in [1.54, 1.807) is 46.2 Å². The van der Waals surface area contributed by atoms with E-state index < -0.39 is 0 Å². The van der Waals surface area contributed by atoms with Crippen molar-refractivity contribution >= 4 is 39.1 Å². The highest BCUT2D eigenvalue weighted by molar-refractivity contribution is 9.10. The Morgan fingerprint density at radius 1 is 1.09 bits per heavy atom. The summed E-state index contributed by atoms with van der Waals surface area (Å²) in [5.74, 6) is 1.07. The fraction of sp³-hybridized carbons (Fsp3) is 0.136. The maximum absolute atomic E-state index is 12.5. The molecule has 0 saturated carbocycles. The van der Waals surface area contributed by atoms with Crippen LogP contribution in [0.2, 0.25) is 5.02 Å². The van der Waals surface area contributed by atoms with Crippen LogP contribution in [-0.2, 0) is 13.5 Å². The van der Waals surface area contributed by atoms with Gasteiger partial charge in [-0.25, -0.2) is 9.36 Å². The molecule has 0 aliphatic heterocycles. The number of hydrogen-bond donors (Lipinski definition) is 1. The lowest BCUT2D eigenvalue weighted by atomic mass is 10.2. The van der Waals surface area contributed by atoms with Crippen LogP contribution in [-0.4, -0.2) is 25.5 Å². The summed E-state index contributed by atoms with van der Waals surface area (Å²) in [6, 6.07) is 14.5. The Balaban J connectivity index is 1.29. The van der Waals surface area contributed by atoms with Crippen molar-refractivity contribution in [2.75, 3.05) is 5.32 Å². The largest absolute Gasteiger partial charge is 0.471 e. The number of carbonyl (C=O) groups is 1. The van der Waals surface area contributed by atoms with Crippen molar-refractivity contribution in [3.63, 3.8) is 0 Å². The van der Waals surface area contributed by atoms with Gasteiger partial charge in [0, 0.05) is 15.7 Å². The Bertz CT molecular complexity index is 1220. The SMILES string of the molecule is Cc1cc(Cl)ccc1OCn1ccc(C(=O)Nc2cnn(COc3ccc(Br)cc3)c2)n1. The van der Waals surface area contributed by atoms with Gasteiger partial charge in [0.2, 0.25) is 0 Å². The van der Waals surface area contributed by atoms with Gasteiger partial charge >= 0.3 is 0 Å². The first kappa shape index (κ1) is 21.9. The number of aromatic nitrogens is 4. The lowest BCUT2D eigenvalue weighted by Gasteiger charge is -2.09. The van der Waals surface area contributed by atoms with Gasteiger partial charge in [0.1, 0.15) is 11.5 Å². The summed E-state index contributed by atoms with van der Waals surface area (Å²) >= 11 is 9.34. The number of nitrogens with zero attached hydrogens (tertiary/aromatic N) is 4. The molecule has 10 heteroatoms. The molecule has 0 aliphatic carbocycles. The minimum atomic E-state index is -0.347. The molecule has 0 fully saturated rings. The number of anilines is 1. The van der Waals surface area contributed by atoms with Crippen LogP contribution in [0.5, 0.6) is 11.5 Å². The number of nitrogens with one attached hydrogen (secondary N) is 1. The zero-order valence-corrected chi connectivity index (χ0v) is 19.4. The Kier molecular flexibility index (Phi) is 6.77. The number of amides is 1. The van der Waals surface area contributed by atoms with E-state index in [-0.39, 0.29) is 25.1 Å². The topological polar surface area (TPSA) is 83.2 Å². The average molecular weight is 517 g/mol. The number of carbonyl (C=O) groups excluding carboxylic acids is 1. The smallest absolute Gasteiger partial charge is 0.276 e. The quantitative estimate of drug-likeness (QED) is 0.351. The first-order valence-electron chi connectivity index (χ1n) is 9.61. The van der Waals surface area contributed by atoms with Crippen molar-refractivity contribution in [3.8, 4) is 11.5 Å². The Morgan fingerprint density at radius 2 is 1.88 bits per heavy atom. The molecule has 2 heterocycles. The minimum Gasteiger partial charge on any atom is -0.471 e. The van der Waals surface area contributed by atoms with Gasteiger partial charge in [0.25, 0.3) is 5.91 Å². The maximum atomic E-state index is 12.5. The summed E-state index contributed by atoms with van der Waals surface area (Å²) in [6.45, 7) is 2.29. The number of benzene rings is 2. The fourth-order valence-electron chi connectivity index (χ4n) is 2.83. The van der Waals surface area contributed by atoms with Crippen LogP contribution in [0, 0.1) is 6.92 Å². The number of rotatable bonds is 8. The molecule has 4 rings (SSSR count). The van der Waals surface area contributed by atoms with E-state index in [2.05, 4.69) is 31.4 Å². The number of ether oxygens (including phenoxy) is 2. The zero-order valence-electron chi connectivity index (χ0n) is 17.0. The Labute approximate surface area is 197 Å². The first-order valence-corrected chi connectivity index (χ1v) is 10.8. The second-order valence-corrected chi connectivity index (χ2v) is 8.23. The molecule has 32 heavy (non-hydrogen) atoms. The van der Waals surface area contributed by atoms with Gasteiger partial charge in [0.05, 0.1) is 18.1 Å². The van der Waals surface area contributed by atoms with Crippen LogP contribution in [0.25, 0.3) is 0 Å². The summed E-state index contributed by atoms with van der Waals surface area (Å²) in [5, 5.41) is 11.9. The molecule has 0 unspecified atom stereocenters. The highest BCUT2D eigenvalue weighted by Gasteiger charge is 2.12. The molecule has 1 amide bonds. The average Bonchev–Trinajstić information content (AvgIpc) is 3.42. The summed E-state index contributed by atoms with van der Waals surface area (Å²) < 4.78 is 15.5. The van der Waals surface area contributed by atoms with Crippen molar-refractivity contribution in [1.82, 2.24) is 19.6 Å². The molecule has 1 N–H and O–H groups in total. The van der Waals surface area contributed by atoms with Gasteiger partial charge < -0.3 is 14.8 Å². The summed E-state index contributed by atoms with van der Waals surface area (Å²) in [7, 11) is 0. The molecule has 164 valence electrons. The van der Waals surface area contributed by atoms with E-state index in [9.17, 15) is 4.79 Å². The van der Waals surface area contributed by atoms with Crippen molar-refractivity contribution in [2.24, 2.45) is 0 Å². The van der Waals surface area contributed by atoms with Crippen molar-refractivity contribution in [3.05, 3.63) is 87.9 Å². The van der Waals surface area contributed by atoms with Crippen LogP contribution >= 0.6 is 27.5 Å². The van der Waals surface area contributed by atoms with E-state index >= 15 is 0 Å². The monoisotopic (exact) mass is 515 g/mol. The van der Waals surface area contributed by atoms with Gasteiger partial charge in [-0.1, -0.05) is 27.5 Å². The molecule has 8 nitrogen and oxygen atoms in total. The Hall–Kier alpha value is -3.30. The lowest BCUT2D eigenvalue weighted by Crippen LogP contribution is -2.14. The molecule has 0 saturated heterocycles. The van der Waals surface area contributed by atoms with E-state index in [0.29, 0.717) is 16.5 Å². The highest BCUT2D eigenvalue weighted by atomic mass is 79.9. The molecule has 0 spiro atoms. The van der Waals surface area contributed by atoms with Gasteiger partial charge in [-0.05, 0) is 61.0 Å². The third kappa shape index (κ3) is 5.68. The van der Waals surface area contributed by atoms with Crippen LogP contribution in [0.15, 0.2) is 71.6 Å². The summed E-state index contributed by atoms with van der Waals surface area (Å²) in [6.07, 6.45) is 4.90. The molecule has 0 bridgehead atoms. The van der Waals surface area contributed by atoms with Crippen LogP contribution in [0.4, 0.5) is 5.69 Å². The molecular weight excluding hydrogens is 498 g/mol. The normalized spacial score (nSPS) is 10.7. The molecule has 2 aromatic carbocycles. The predicted octanol–water partition coefficient (Wildman–Crippen LogP) is 5.13. The highest BCUT2D eigenvalue weighted by Crippen LogP contribution is 2.22.